The highest BCUT2D eigenvalue weighted by molar-refractivity contribution is 7.92. The maximum absolute atomic E-state index is 12.1. The van der Waals surface area contributed by atoms with Gasteiger partial charge in [0, 0.05) is 33.1 Å². The average Bonchev–Trinajstić information content (AvgIpc) is 2.49. The fourth-order valence-corrected chi connectivity index (χ4v) is 3.23. The van der Waals surface area contributed by atoms with Gasteiger partial charge in [0.05, 0.1) is 11.9 Å². The van der Waals surface area contributed by atoms with Crippen molar-refractivity contribution in [1.82, 2.24) is 4.90 Å². The fourth-order valence-electron chi connectivity index (χ4n) is 2.27. The van der Waals surface area contributed by atoms with Crippen molar-refractivity contribution in [2.45, 2.75) is 12.8 Å². The molecular formula is C15H22N2O5S. The molecule has 0 fully saturated rings. The Morgan fingerprint density at radius 3 is 2.43 bits per heavy atom. The summed E-state index contributed by atoms with van der Waals surface area (Å²) in [6.07, 6.45) is 1.89. The highest BCUT2D eigenvalue weighted by Gasteiger charge is 2.21. The Balaban J connectivity index is 2.14. The second-order valence-electron chi connectivity index (χ2n) is 5.55. The molecule has 0 bridgehead atoms. The van der Waals surface area contributed by atoms with Crippen LogP contribution in [0, 0.1) is 0 Å². The molecule has 0 atom stereocenters. The van der Waals surface area contributed by atoms with Crippen LogP contribution in [0.2, 0.25) is 0 Å². The fraction of sp³-hybridized carbons (Fsp3) is 0.533. The Kier molecular flexibility index (Phi) is 5.35. The van der Waals surface area contributed by atoms with Gasteiger partial charge in [-0.25, -0.2) is 8.42 Å². The van der Waals surface area contributed by atoms with Gasteiger partial charge in [-0.3, -0.25) is 9.10 Å². The standard InChI is InChI=1S/C15H22N2O5S/c1-16(2)15(18)5-4-8-17(23(3,19)20)12-6-7-13-14(11-12)22-10-9-21-13/h6-7,11H,4-5,8-10H2,1-3H3. The van der Waals surface area contributed by atoms with E-state index in [0.717, 1.165) is 6.26 Å². The van der Waals surface area contributed by atoms with Crippen molar-refractivity contribution >= 4 is 21.6 Å². The van der Waals surface area contributed by atoms with E-state index in [2.05, 4.69) is 0 Å². The van der Waals surface area contributed by atoms with E-state index in [1.807, 2.05) is 0 Å². The van der Waals surface area contributed by atoms with Crippen LogP contribution in [-0.2, 0) is 14.8 Å². The molecule has 1 aromatic rings. The number of anilines is 1. The van der Waals surface area contributed by atoms with Crippen molar-refractivity contribution in [2.24, 2.45) is 0 Å². The summed E-state index contributed by atoms with van der Waals surface area (Å²) >= 11 is 0. The first kappa shape index (κ1) is 17.4. The van der Waals surface area contributed by atoms with Gasteiger partial charge >= 0.3 is 0 Å². The minimum absolute atomic E-state index is 0.0272. The summed E-state index contributed by atoms with van der Waals surface area (Å²) in [5, 5.41) is 0. The highest BCUT2D eigenvalue weighted by atomic mass is 32.2. The van der Waals surface area contributed by atoms with Crippen LogP contribution in [0.3, 0.4) is 0 Å². The van der Waals surface area contributed by atoms with E-state index in [1.165, 1.54) is 9.21 Å². The Bertz CT molecular complexity index is 672. The summed E-state index contributed by atoms with van der Waals surface area (Å²) in [5.41, 5.74) is 0.508. The van der Waals surface area contributed by atoms with Crippen molar-refractivity contribution in [3.63, 3.8) is 0 Å². The van der Waals surface area contributed by atoms with E-state index < -0.39 is 10.0 Å². The summed E-state index contributed by atoms with van der Waals surface area (Å²) < 4.78 is 36.4. The summed E-state index contributed by atoms with van der Waals surface area (Å²) in [6.45, 7) is 1.15. The van der Waals surface area contributed by atoms with Crippen LogP contribution in [0.15, 0.2) is 18.2 Å². The van der Waals surface area contributed by atoms with Crippen LogP contribution in [0.5, 0.6) is 11.5 Å². The first-order chi connectivity index (χ1) is 10.8. The Labute approximate surface area is 136 Å². The third-order valence-electron chi connectivity index (χ3n) is 3.46. The van der Waals surface area contributed by atoms with E-state index in [4.69, 9.17) is 9.47 Å². The zero-order valence-corrected chi connectivity index (χ0v) is 14.4. The lowest BCUT2D eigenvalue weighted by atomic mass is 10.2. The molecule has 23 heavy (non-hydrogen) atoms. The Hall–Kier alpha value is -1.96. The number of nitrogens with zero attached hydrogens (tertiary/aromatic N) is 2. The molecule has 0 saturated carbocycles. The molecule has 128 valence electrons. The average molecular weight is 342 g/mol. The van der Waals surface area contributed by atoms with Gasteiger partial charge in [-0.15, -0.1) is 0 Å². The molecule has 0 spiro atoms. The molecule has 0 unspecified atom stereocenters. The second kappa shape index (κ2) is 7.08. The van der Waals surface area contributed by atoms with Crippen LogP contribution in [0.4, 0.5) is 5.69 Å². The summed E-state index contributed by atoms with van der Waals surface area (Å²) in [7, 11) is -0.0945. The number of hydrogen-bond acceptors (Lipinski definition) is 5. The number of benzene rings is 1. The quantitative estimate of drug-likeness (QED) is 0.773. The predicted molar refractivity (Wildman–Crippen MR) is 87.5 cm³/mol. The number of fused-ring (bicyclic) bond motifs is 1. The van der Waals surface area contributed by atoms with Crippen molar-refractivity contribution < 1.29 is 22.7 Å². The summed E-state index contributed by atoms with van der Waals surface area (Å²) in [6, 6.07) is 5.04. The van der Waals surface area contributed by atoms with E-state index in [0.29, 0.717) is 43.2 Å². The third kappa shape index (κ3) is 4.51. The van der Waals surface area contributed by atoms with Gasteiger partial charge in [0.25, 0.3) is 0 Å². The number of hydrogen-bond donors (Lipinski definition) is 0. The normalized spacial score (nSPS) is 13.5. The van der Waals surface area contributed by atoms with Gasteiger partial charge in [-0.05, 0) is 18.6 Å². The largest absolute Gasteiger partial charge is 0.486 e. The van der Waals surface area contributed by atoms with E-state index in [9.17, 15) is 13.2 Å². The van der Waals surface area contributed by atoms with Gasteiger partial charge in [-0.1, -0.05) is 0 Å². The molecule has 0 aliphatic carbocycles. The molecule has 0 radical (unpaired) electrons. The minimum atomic E-state index is -3.45. The SMILES string of the molecule is CN(C)C(=O)CCCN(c1ccc2c(c1)OCCO2)S(C)(=O)=O. The second-order valence-corrected chi connectivity index (χ2v) is 7.46. The van der Waals surface area contributed by atoms with Gasteiger partial charge in [-0.2, -0.15) is 0 Å². The molecule has 0 N–H and O–H groups in total. The van der Waals surface area contributed by atoms with Crippen LogP contribution >= 0.6 is 0 Å². The number of rotatable bonds is 6. The highest BCUT2D eigenvalue weighted by Crippen LogP contribution is 2.34. The molecule has 0 aromatic heterocycles. The van der Waals surface area contributed by atoms with Gasteiger partial charge in [0.1, 0.15) is 13.2 Å². The third-order valence-corrected chi connectivity index (χ3v) is 4.66. The van der Waals surface area contributed by atoms with Crippen LogP contribution < -0.4 is 13.8 Å². The topological polar surface area (TPSA) is 76.2 Å². The first-order valence-electron chi connectivity index (χ1n) is 7.36. The number of carbonyl (C=O) groups is 1. The predicted octanol–water partition coefficient (Wildman–Crippen LogP) is 1.09. The van der Waals surface area contributed by atoms with Crippen molar-refractivity contribution in [3.05, 3.63) is 18.2 Å². The molecule has 1 amide bonds. The Morgan fingerprint density at radius 2 is 1.83 bits per heavy atom. The van der Waals surface area contributed by atoms with Crippen molar-refractivity contribution in [3.8, 4) is 11.5 Å². The minimum Gasteiger partial charge on any atom is -0.486 e. The molecule has 1 aliphatic rings. The molecular weight excluding hydrogens is 320 g/mol. The van der Waals surface area contributed by atoms with Crippen molar-refractivity contribution in [1.29, 1.82) is 0 Å². The van der Waals surface area contributed by atoms with Crippen LogP contribution in [0.1, 0.15) is 12.8 Å². The molecule has 1 aliphatic heterocycles. The van der Waals surface area contributed by atoms with Crippen molar-refractivity contribution in [2.75, 3.05) is 44.4 Å². The van der Waals surface area contributed by atoms with Gasteiger partial charge in [0.2, 0.25) is 15.9 Å². The number of ether oxygens (including phenoxy) is 2. The van der Waals surface area contributed by atoms with E-state index in [1.54, 1.807) is 32.3 Å². The molecule has 0 saturated heterocycles. The Morgan fingerprint density at radius 1 is 1.17 bits per heavy atom. The van der Waals surface area contributed by atoms with Gasteiger partial charge in [0.15, 0.2) is 11.5 Å². The summed E-state index contributed by atoms with van der Waals surface area (Å²) in [5.74, 6) is 1.11. The van der Waals surface area contributed by atoms with E-state index in [-0.39, 0.29) is 12.5 Å². The maximum atomic E-state index is 12.1. The van der Waals surface area contributed by atoms with Crippen LogP contribution in [0.25, 0.3) is 0 Å². The molecule has 1 aromatic carbocycles. The monoisotopic (exact) mass is 342 g/mol. The number of amides is 1. The molecule has 7 nitrogen and oxygen atoms in total. The van der Waals surface area contributed by atoms with E-state index >= 15 is 0 Å². The lowest BCUT2D eigenvalue weighted by Gasteiger charge is -2.25. The maximum Gasteiger partial charge on any atom is 0.232 e. The number of sulfonamides is 1. The zero-order chi connectivity index (χ0) is 17.0. The smallest absolute Gasteiger partial charge is 0.232 e. The number of carbonyl (C=O) groups excluding carboxylic acids is 1. The van der Waals surface area contributed by atoms with Gasteiger partial charge < -0.3 is 14.4 Å². The molecule has 8 heteroatoms. The molecule has 1 heterocycles. The zero-order valence-electron chi connectivity index (χ0n) is 13.6. The van der Waals surface area contributed by atoms with Crippen LogP contribution in [-0.4, -0.2) is 59.3 Å². The lowest BCUT2D eigenvalue weighted by molar-refractivity contribution is -0.128. The molecule has 2 rings (SSSR count). The first-order valence-corrected chi connectivity index (χ1v) is 9.21. The lowest BCUT2D eigenvalue weighted by Crippen LogP contribution is -2.32. The summed E-state index contributed by atoms with van der Waals surface area (Å²) in [4.78, 5) is 13.1.